The first-order valence-corrected chi connectivity index (χ1v) is 7.41. The third-order valence-electron chi connectivity index (χ3n) is 2.63. The number of para-hydroxylation sites is 2. The number of thioether (sulfide) groups is 1. The van der Waals surface area contributed by atoms with Gasteiger partial charge in [-0.2, -0.15) is 0 Å². The Morgan fingerprint density at radius 1 is 1.11 bits per heavy atom. The van der Waals surface area contributed by atoms with E-state index in [1.165, 1.54) is 5.56 Å². The summed E-state index contributed by atoms with van der Waals surface area (Å²) in [4.78, 5) is 7.87. The molecule has 0 saturated carbocycles. The first-order valence-electron chi connectivity index (χ1n) is 5.63. The highest BCUT2D eigenvalue weighted by molar-refractivity contribution is 9.10. The number of nitrogens with one attached hydrogen (secondary N) is 1. The van der Waals surface area contributed by atoms with Crippen LogP contribution < -0.4 is 0 Å². The van der Waals surface area contributed by atoms with Gasteiger partial charge in [-0.25, -0.2) is 4.98 Å². The molecule has 0 radical (unpaired) electrons. The highest BCUT2D eigenvalue weighted by atomic mass is 79.9. The summed E-state index contributed by atoms with van der Waals surface area (Å²) in [5.74, 6) is 0.916. The fourth-order valence-corrected chi connectivity index (χ4v) is 3.05. The molecule has 90 valence electrons. The third-order valence-corrected chi connectivity index (χ3v) is 4.07. The highest BCUT2D eigenvalue weighted by Crippen LogP contribution is 2.24. The fraction of sp³-hybridized carbons (Fsp3) is 0.0714. The zero-order chi connectivity index (χ0) is 12.4. The van der Waals surface area contributed by atoms with Crippen molar-refractivity contribution in [3.63, 3.8) is 0 Å². The van der Waals surface area contributed by atoms with Crippen LogP contribution in [-0.2, 0) is 5.75 Å². The smallest absolute Gasteiger partial charge is 0.166 e. The summed E-state index contributed by atoms with van der Waals surface area (Å²) in [5.41, 5.74) is 3.40. The van der Waals surface area contributed by atoms with Crippen LogP contribution in [0.25, 0.3) is 11.0 Å². The summed E-state index contributed by atoms with van der Waals surface area (Å²) < 4.78 is 1.12. The van der Waals surface area contributed by atoms with Gasteiger partial charge in [-0.15, -0.1) is 0 Å². The summed E-state index contributed by atoms with van der Waals surface area (Å²) in [6.45, 7) is 0. The zero-order valence-electron chi connectivity index (χ0n) is 9.56. The molecule has 4 heteroatoms. The Hall–Kier alpha value is -1.26. The van der Waals surface area contributed by atoms with Gasteiger partial charge in [0.15, 0.2) is 5.16 Å². The monoisotopic (exact) mass is 318 g/mol. The Balaban J connectivity index is 1.76. The normalized spacial score (nSPS) is 10.9. The van der Waals surface area contributed by atoms with Gasteiger partial charge in [0.25, 0.3) is 0 Å². The topological polar surface area (TPSA) is 28.7 Å². The molecule has 0 bridgehead atoms. The van der Waals surface area contributed by atoms with Crippen LogP contribution in [0.3, 0.4) is 0 Å². The molecule has 0 spiro atoms. The molecular formula is C14H11BrN2S. The van der Waals surface area contributed by atoms with Crippen LogP contribution in [0.4, 0.5) is 0 Å². The number of aromatic nitrogens is 2. The fourth-order valence-electron chi connectivity index (χ4n) is 1.78. The lowest BCUT2D eigenvalue weighted by Gasteiger charge is -1.99. The van der Waals surface area contributed by atoms with Gasteiger partial charge in [0, 0.05) is 10.2 Å². The summed E-state index contributed by atoms with van der Waals surface area (Å²) in [7, 11) is 0. The highest BCUT2D eigenvalue weighted by Gasteiger charge is 2.03. The minimum absolute atomic E-state index is 0.916. The van der Waals surface area contributed by atoms with Crippen LogP contribution >= 0.6 is 27.7 Å². The first kappa shape index (κ1) is 11.8. The van der Waals surface area contributed by atoms with E-state index in [9.17, 15) is 0 Å². The van der Waals surface area contributed by atoms with E-state index in [2.05, 4.69) is 44.1 Å². The average Bonchev–Trinajstić information content (AvgIpc) is 2.79. The minimum atomic E-state index is 0.916. The van der Waals surface area contributed by atoms with Crippen molar-refractivity contribution in [1.29, 1.82) is 0 Å². The van der Waals surface area contributed by atoms with E-state index in [1.807, 2.05) is 30.3 Å². The number of imidazole rings is 1. The second-order valence-electron chi connectivity index (χ2n) is 3.98. The van der Waals surface area contributed by atoms with Gasteiger partial charge < -0.3 is 4.98 Å². The molecule has 0 saturated heterocycles. The maximum atomic E-state index is 4.55. The van der Waals surface area contributed by atoms with Crippen molar-refractivity contribution in [2.75, 3.05) is 0 Å². The number of fused-ring (bicyclic) bond motifs is 1. The SMILES string of the molecule is Brc1cccc(CSc2nc3ccccc3[nH]2)c1. The molecule has 18 heavy (non-hydrogen) atoms. The number of benzene rings is 2. The Morgan fingerprint density at radius 3 is 2.83 bits per heavy atom. The lowest BCUT2D eigenvalue weighted by Crippen LogP contribution is -1.81. The molecule has 0 fully saturated rings. The first-order chi connectivity index (χ1) is 8.81. The maximum absolute atomic E-state index is 4.55. The second kappa shape index (κ2) is 5.16. The number of nitrogens with zero attached hydrogens (tertiary/aromatic N) is 1. The van der Waals surface area contributed by atoms with E-state index in [0.717, 1.165) is 26.4 Å². The van der Waals surface area contributed by atoms with E-state index in [1.54, 1.807) is 11.8 Å². The van der Waals surface area contributed by atoms with E-state index in [4.69, 9.17) is 0 Å². The third kappa shape index (κ3) is 2.60. The molecule has 2 nitrogen and oxygen atoms in total. The lowest BCUT2D eigenvalue weighted by atomic mass is 10.2. The number of H-pyrrole nitrogens is 1. The number of hydrogen-bond donors (Lipinski definition) is 1. The van der Waals surface area contributed by atoms with E-state index in [-0.39, 0.29) is 0 Å². The van der Waals surface area contributed by atoms with E-state index < -0.39 is 0 Å². The van der Waals surface area contributed by atoms with Crippen LogP contribution in [0.15, 0.2) is 58.2 Å². The molecule has 2 aromatic carbocycles. The van der Waals surface area contributed by atoms with Crippen molar-refractivity contribution in [2.45, 2.75) is 10.9 Å². The Labute approximate surface area is 118 Å². The Kier molecular flexibility index (Phi) is 3.39. The van der Waals surface area contributed by atoms with Crippen molar-refractivity contribution in [2.24, 2.45) is 0 Å². The van der Waals surface area contributed by atoms with Crippen LogP contribution in [0.5, 0.6) is 0 Å². The van der Waals surface area contributed by atoms with Crippen molar-refractivity contribution in [3.05, 3.63) is 58.6 Å². The van der Waals surface area contributed by atoms with Crippen molar-refractivity contribution in [3.8, 4) is 0 Å². The van der Waals surface area contributed by atoms with Gasteiger partial charge in [-0.1, -0.05) is 52.0 Å². The minimum Gasteiger partial charge on any atom is -0.333 e. The number of rotatable bonds is 3. The molecule has 0 aliphatic rings. The number of hydrogen-bond acceptors (Lipinski definition) is 2. The molecule has 0 aliphatic heterocycles. The van der Waals surface area contributed by atoms with Gasteiger partial charge in [0.2, 0.25) is 0 Å². The number of halogens is 1. The summed E-state index contributed by atoms with van der Waals surface area (Å²) in [6, 6.07) is 16.4. The van der Waals surface area contributed by atoms with Gasteiger partial charge in [-0.3, -0.25) is 0 Å². The summed E-state index contributed by atoms with van der Waals surface area (Å²) >= 11 is 5.20. The number of aromatic amines is 1. The molecule has 1 N–H and O–H groups in total. The van der Waals surface area contributed by atoms with Crippen molar-refractivity contribution < 1.29 is 0 Å². The average molecular weight is 319 g/mol. The molecule has 0 unspecified atom stereocenters. The molecule has 3 rings (SSSR count). The van der Waals surface area contributed by atoms with Gasteiger partial charge in [0.05, 0.1) is 11.0 Å². The second-order valence-corrected chi connectivity index (χ2v) is 5.86. The van der Waals surface area contributed by atoms with Crippen LogP contribution in [-0.4, -0.2) is 9.97 Å². The van der Waals surface area contributed by atoms with Crippen molar-refractivity contribution >= 4 is 38.7 Å². The zero-order valence-corrected chi connectivity index (χ0v) is 12.0. The molecule has 0 aliphatic carbocycles. The maximum Gasteiger partial charge on any atom is 0.166 e. The van der Waals surface area contributed by atoms with Crippen LogP contribution in [0.1, 0.15) is 5.56 Å². The van der Waals surface area contributed by atoms with Crippen LogP contribution in [0, 0.1) is 0 Å². The molecule has 0 amide bonds. The quantitative estimate of drug-likeness (QED) is 0.714. The molecule has 3 aromatic rings. The Morgan fingerprint density at radius 2 is 2.00 bits per heavy atom. The lowest BCUT2D eigenvalue weighted by molar-refractivity contribution is 1.08. The molecule has 0 atom stereocenters. The summed E-state index contributed by atoms with van der Waals surface area (Å²) in [5, 5.41) is 0.969. The van der Waals surface area contributed by atoms with Gasteiger partial charge in [-0.05, 0) is 29.8 Å². The predicted octanol–water partition coefficient (Wildman–Crippen LogP) is 4.62. The molecule has 1 aromatic heterocycles. The van der Waals surface area contributed by atoms with Gasteiger partial charge >= 0.3 is 0 Å². The standard InChI is InChI=1S/C14H11BrN2S/c15-11-5-3-4-10(8-11)9-18-14-16-12-6-1-2-7-13(12)17-14/h1-8H,9H2,(H,16,17). The summed E-state index contributed by atoms with van der Waals surface area (Å²) in [6.07, 6.45) is 0. The predicted molar refractivity (Wildman–Crippen MR) is 79.8 cm³/mol. The van der Waals surface area contributed by atoms with Crippen molar-refractivity contribution in [1.82, 2.24) is 9.97 Å². The van der Waals surface area contributed by atoms with Gasteiger partial charge in [0.1, 0.15) is 0 Å². The molecular weight excluding hydrogens is 308 g/mol. The molecule has 1 heterocycles. The van der Waals surface area contributed by atoms with E-state index >= 15 is 0 Å². The van der Waals surface area contributed by atoms with E-state index in [0.29, 0.717) is 0 Å². The van der Waals surface area contributed by atoms with Crippen LogP contribution in [0.2, 0.25) is 0 Å². The Bertz CT molecular complexity index is 645. The largest absolute Gasteiger partial charge is 0.333 e.